The molecule has 0 saturated carbocycles. The van der Waals surface area contributed by atoms with Gasteiger partial charge in [0.15, 0.2) is 5.60 Å². The summed E-state index contributed by atoms with van der Waals surface area (Å²) >= 11 is 6.72. The van der Waals surface area contributed by atoms with E-state index >= 15 is 0 Å². The van der Waals surface area contributed by atoms with Crippen LogP contribution in [0, 0.1) is 5.82 Å². The molecule has 2 aliphatic rings. The Bertz CT molecular complexity index is 1340. The summed E-state index contributed by atoms with van der Waals surface area (Å²) < 4.78 is 81.5. The molecule has 38 heavy (non-hydrogen) atoms. The predicted octanol–water partition coefficient (Wildman–Crippen LogP) is 5.42. The highest BCUT2D eigenvalue weighted by Crippen LogP contribution is 2.39. The van der Waals surface area contributed by atoms with Gasteiger partial charge in [0.25, 0.3) is 0 Å². The fraction of sp³-hybridized carbons (Fsp3) is 0.346. The van der Waals surface area contributed by atoms with Crippen LogP contribution in [0.2, 0.25) is 0 Å². The number of thioether (sulfide) groups is 1. The van der Waals surface area contributed by atoms with Crippen LogP contribution in [-0.2, 0) is 15.6 Å². The van der Waals surface area contributed by atoms with Crippen LogP contribution in [0.1, 0.15) is 18.9 Å². The maximum Gasteiger partial charge on any atom is 0.421 e. The number of sulfonamides is 1. The van der Waals surface area contributed by atoms with Gasteiger partial charge in [0.2, 0.25) is 10.0 Å². The van der Waals surface area contributed by atoms with E-state index in [4.69, 9.17) is 12.2 Å². The van der Waals surface area contributed by atoms with Gasteiger partial charge >= 0.3 is 6.18 Å². The Kier molecular flexibility index (Phi) is 8.39. The van der Waals surface area contributed by atoms with Crippen LogP contribution >= 0.6 is 24.0 Å². The maximum absolute atomic E-state index is 13.4. The third-order valence-corrected chi connectivity index (χ3v) is 10.2. The molecule has 0 radical (unpaired) electrons. The molecule has 204 valence electrons. The van der Waals surface area contributed by atoms with Crippen molar-refractivity contribution in [3.8, 4) is 0 Å². The Morgan fingerprint density at radius 1 is 1.08 bits per heavy atom. The molecule has 0 aromatic heterocycles. The van der Waals surface area contributed by atoms with E-state index in [2.05, 4.69) is 0 Å². The minimum atomic E-state index is -4.84. The first-order chi connectivity index (χ1) is 17.8. The zero-order valence-electron chi connectivity index (χ0n) is 20.4. The average molecular weight is 587 g/mol. The van der Waals surface area contributed by atoms with Gasteiger partial charge < -0.3 is 10.0 Å². The van der Waals surface area contributed by atoms with Crippen LogP contribution in [0.15, 0.2) is 76.6 Å². The number of rotatable bonds is 7. The molecule has 2 atom stereocenters. The van der Waals surface area contributed by atoms with Gasteiger partial charge in [0, 0.05) is 47.3 Å². The highest BCUT2D eigenvalue weighted by Gasteiger charge is 2.51. The van der Waals surface area contributed by atoms with E-state index in [0.717, 1.165) is 4.90 Å². The quantitative estimate of drug-likeness (QED) is 0.266. The van der Waals surface area contributed by atoms with E-state index < -0.39 is 21.8 Å². The maximum atomic E-state index is 13.4. The molecule has 1 unspecified atom stereocenters. The predicted molar refractivity (Wildman–Crippen MR) is 145 cm³/mol. The summed E-state index contributed by atoms with van der Waals surface area (Å²) in [5.41, 5.74) is -2.70. The molecule has 1 aliphatic carbocycles. The van der Waals surface area contributed by atoms with Gasteiger partial charge in [-0.2, -0.15) is 17.5 Å². The summed E-state index contributed by atoms with van der Waals surface area (Å²) in [5.74, 6) is 0.0646. The van der Waals surface area contributed by atoms with Gasteiger partial charge in [-0.05, 0) is 55.0 Å². The number of aliphatic hydroxyl groups is 1. The number of benzene rings is 2. The Morgan fingerprint density at radius 2 is 1.74 bits per heavy atom. The number of anilines is 1. The number of halogens is 4. The fourth-order valence-electron chi connectivity index (χ4n) is 4.28. The van der Waals surface area contributed by atoms with Gasteiger partial charge in [-0.3, -0.25) is 0 Å². The van der Waals surface area contributed by atoms with E-state index in [9.17, 15) is 31.1 Å². The lowest BCUT2D eigenvalue weighted by Crippen LogP contribution is -2.56. The van der Waals surface area contributed by atoms with E-state index in [1.54, 1.807) is 24.3 Å². The lowest BCUT2D eigenvalue weighted by molar-refractivity contribution is -0.258. The van der Waals surface area contributed by atoms with Crippen LogP contribution < -0.4 is 4.90 Å². The van der Waals surface area contributed by atoms with Crippen molar-refractivity contribution in [3.05, 3.63) is 83.0 Å². The number of thiocarbonyl (C=S) groups is 1. The highest BCUT2D eigenvalue weighted by molar-refractivity contribution is 7.99. The highest BCUT2D eigenvalue weighted by atomic mass is 32.2. The summed E-state index contributed by atoms with van der Waals surface area (Å²) in [7, 11) is -3.85. The monoisotopic (exact) mass is 586 g/mol. The van der Waals surface area contributed by atoms with Gasteiger partial charge in [-0.25, -0.2) is 12.8 Å². The second-order valence-electron chi connectivity index (χ2n) is 9.18. The average Bonchev–Trinajstić information content (AvgIpc) is 2.88. The summed E-state index contributed by atoms with van der Waals surface area (Å²) in [4.78, 5) is 3.19. The van der Waals surface area contributed by atoms with Crippen LogP contribution in [0.3, 0.4) is 0 Å². The summed E-state index contributed by atoms with van der Waals surface area (Å²) in [6, 6.07) is 11.1. The summed E-state index contributed by atoms with van der Waals surface area (Å²) in [6.07, 6.45) is 0.491. The Morgan fingerprint density at radius 3 is 2.34 bits per heavy atom. The van der Waals surface area contributed by atoms with Crippen molar-refractivity contribution >= 4 is 44.6 Å². The van der Waals surface area contributed by atoms with Crippen molar-refractivity contribution in [1.29, 1.82) is 0 Å². The third-order valence-electron chi connectivity index (χ3n) is 6.59. The molecule has 1 heterocycles. The number of hydrogen-bond donors (Lipinski definition) is 1. The van der Waals surface area contributed by atoms with Crippen LogP contribution in [-0.4, -0.2) is 60.3 Å². The fourth-order valence-corrected chi connectivity index (χ4v) is 7.35. The Balaban J connectivity index is 1.60. The Labute approximate surface area is 228 Å². The molecule has 2 aromatic rings. The molecule has 0 amide bonds. The topological polar surface area (TPSA) is 60.9 Å². The molecular weight excluding hydrogens is 560 g/mol. The van der Waals surface area contributed by atoms with Gasteiger partial charge in [0.05, 0.1) is 10.9 Å². The van der Waals surface area contributed by atoms with Crippen molar-refractivity contribution in [2.24, 2.45) is 0 Å². The molecular formula is C26H26F4N2O3S3. The molecule has 12 heteroatoms. The van der Waals surface area contributed by atoms with Gasteiger partial charge in [0.1, 0.15) is 5.82 Å². The molecule has 1 fully saturated rings. The number of allylic oxidation sites excluding steroid dienone is 4. The van der Waals surface area contributed by atoms with Crippen molar-refractivity contribution in [1.82, 2.24) is 4.31 Å². The molecule has 0 bridgehead atoms. The molecule has 4 rings (SSSR count). The smallest absolute Gasteiger partial charge is 0.376 e. The first-order valence-electron chi connectivity index (χ1n) is 11.8. The van der Waals surface area contributed by atoms with Crippen LogP contribution in [0.5, 0.6) is 0 Å². The van der Waals surface area contributed by atoms with E-state index in [1.807, 2.05) is 4.90 Å². The van der Waals surface area contributed by atoms with E-state index in [-0.39, 0.29) is 35.4 Å². The van der Waals surface area contributed by atoms with Crippen molar-refractivity contribution in [2.45, 2.75) is 36.1 Å². The molecule has 2 aromatic carbocycles. The van der Waals surface area contributed by atoms with Gasteiger partial charge in [-0.1, -0.05) is 36.5 Å². The number of hydrogen-bond acceptors (Lipinski definition) is 6. The zero-order chi connectivity index (χ0) is 27.7. The lowest BCUT2D eigenvalue weighted by atomic mass is 9.95. The minimum absolute atomic E-state index is 0.104. The van der Waals surface area contributed by atoms with Gasteiger partial charge in [-0.15, -0.1) is 11.8 Å². The standard InChI is InChI=1S/C26H26F4N2O3S3/c1-25(33,26(28,29)30)18-6-10-20(11-7-18)32-15-14-31(38(34,35)24-5-3-2-4-23(24)36)16-21(32)17-37-22-12-8-19(27)9-13-22/h2-3,5-13,21,33H,4,14-17H2,1H3/t21-,25?/m1/s1. The largest absolute Gasteiger partial charge is 0.421 e. The second kappa shape index (κ2) is 11.1. The summed E-state index contributed by atoms with van der Waals surface area (Å²) in [6.45, 7) is 1.28. The van der Waals surface area contributed by atoms with Crippen molar-refractivity contribution in [2.75, 3.05) is 30.3 Å². The van der Waals surface area contributed by atoms with E-state index in [0.29, 0.717) is 36.2 Å². The molecule has 0 spiro atoms. The number of nitrogens with zero attached hydrogens (tertiary/aromatic N) is 2. The number of alkyl halides is 3. The minimum Gasteiger partial charge on any atom is -0.376 e. The second-order valence-corrected chi connectivity index (χ2v) is 12.7. The number of piperazine rings is 1. The van der Waals surface area contributed by atoms with E-state index in [1.165, 1.54) is 58.5 Å². The molecule has 1 N–H and O–H groups in total. The molecule has 1 saturated heterocycles. The Hall–Kier alpha value is -2.25. The van der Waals surface area contributed by atoms with Crippen LogP contribution in [0.4, 0.5) is 23.2 Å². The summed E-state index contributed by atoms with van der Waals surface area (Å²) in [5, 5.41) is 10.0. The van der Waals surface area contributed by atoms with Crippen LogP contribution in [0.25, 0.3) is 0 Å². The SMILES string of the molecule is CC(O)(c1ccc(N2CCN(S(=O)(=O)C3=CC=CCC3=S)C[C@@H]2CSc2ccc(F)cc2)cc1)C(F)(F)F. The first kappa shape index (κ1) is 28.8. The lowest BCUT2D eigenvalue weighted by Gasteiger charge is -2.42. The zero-order valence-corrected chi connectivity index (χ0v) is 22.8. The normalized spacial score (nSPS) is 20.8. The first-order valence-corrected chi connectivity index (χ1v) is 14.6. The molecule has 5 nitrogen and oxygen atoms in total. The third kappa shape index (κ3) is 5.99. The molecule has 1 aliphatic heterocycles. The van der Waals surface area contributed by atoms with Crippen molar-refractivity contribution < 1.29 is 31.1 Å². The van der Waals surface area contributed by atoms with Crippen molar-refractivity contribution in [3.63, 3.8) is 0 Å².